The SMILES string of the molecule is Cc1nc2cc(C(=O)[O-])ccc2n1C. The molecule has 0 N–H and O–H groups in total. The Morgan fingerprint density at radius 1 is 1.50 bits per heavy atom. The van der Waals surface area contributed by atoms with Gasteiger partial charge in [-0.25, -0.2) is 4.98 Å². The van der Waals surface area contributed by atoms with Gasteiger partial charge < -0.3 is 14.5 Å². The first-order chi connectivity index (χ1) is 6.59. The number of imidazole rings is 1. The third-order valence-corrected chi connectivity index (χ3v) is 2.34. The molecule has 0 spiro atoms. The summed E-state index contributed by atoms with van der Waals surface area (Å²) in [5, 5.41) is 10.6. The lowest BCUT2D eigenvalue weighted by molar-refractivity contribution is -0.255. The molecule has 0 radical (unpaired) electrons. The molecule has 0 atom stereocenters. The largest absolute Gasteiger partial charge is 0.545 e. The fourth-order valence-electron chi connectivity index (χ4n) is 1.45. The van der Waals surface area contributed by atoms with Crippen molar-refractivity contribution in [3.63, 3.8) is 0 Å². The molecule has 1 aromatic heterocycles. The number of hydrogen-bond acceptors (Lipinski definition) is 3. The van der Waals surface area contributed by atoms with Crippen molar-refractivity contribution in [2.75, 3.05) is 0 Å². The smallest absolute Gasteiger partial charge is 0.106 e. The van der Waals surface area contributed by atoms with Crippen molar-refractivity contribution in [3.8, 4) is 0 Å². The van der Waals surface area contributed by atoms with Gasteiger partial charge in [-0.15, -0.1) is 0 Å². The summed E-state index contributed by atoms with van der Waals surface area (Å²) >= 11 is 0. The Kier molecular flexibility index (Phi) is 1.77. The van der Waals surface area contributed by atoms with Gasteiger partial charge in [0, 0.05) is 7.05 Å². The molecule has 0 amide bonds. The van der Waals surface area contributed by atoms with Gasteiger partial charge in [0.2, 0.25) is 0 Å². The summed E-state index contributed by atoms with van der Waals surface area (Å²) in [6, 6.07) is 4.79. The van der Waals surface area contributed by atoms with E-state index in [9.17, 15) is 9.90 Å². The van der Waals surface area contributed by atoms with Gasteiger partial charge in [0.15, 0.2) is 0 Å². The first-order valence-corrected chi connectivity index (χ1v) is 4.24. The molecule has 0 aliphatic rings. The Labute approximate surface area is 80.8 Å². The number of aromatic nitrogens is 2. The van der Waals surface area contributed by atoms with Crippen LogP contribution in [0.4, 0.5) is 0 Å². The van der Waals surface area contributed by atoms with Crippen LogP contribution in [-0.4, -0.2) is 15.5 Å². The Balaban J connectivity index is 2.73. The van der Waals surface area contributed by atoms with E-state index < -0.39 is 5.97 Å². The minimum Gasteiger partial charge on any atom is -0.545 e. The highest BCUT2D eigenvalue weighted by Gasteiger charge is 2.04. The van der Waals surface area contributed by atoms with Crippen molar-refractivity contribution in [3.05, 3.63) is 29.6 Å². The van der Waals surface area contributed by atoms with E-state index in [1.165, 1.54) is 12.1 Å². The third-order valence-electron chi connectivity index (χ3n) is 2.34. The normalized spacial score (nSPS) is 10.7. The predicted octanol–water partition coefficient (Wildman–Crippen LogP) is 0.245. The van der Waals surface area contributed by atoms with Crippen LogP contribution in [0.1, 0.15) is 16.2 Å². The van der Waals surface area contributed by atoms with Crippen LogP contribution in [0.3, 0.4) is 0 Å². The molecule has 72 valence electrons. The van der Waals surface area contributed by atoms with Crippen LogP contribution in [0.2, 0.25) is 0 Å². The summed E-state index contributed by atoms with van der Waals surface area (Å²) in [5.41, 5.74) is 1.77. The second kappa shape index (κ2) is 2.83. The standard InChI is InChI=1S/C10H10N2O2/c1-6-11-8-5-7(10(13)14)3-4-9(8)12(6)2/h3-5H,1-2H3,(H,13,14)/p-1. The summed E-state index contributed by atoms with van der Waals surface area (Å²) in [4.78, 5) is 14.8. The van der Waals surface area contributed by atoms with E-state index in [2.05, 4.69) is 4.98 Å². The van der Waals surface area contributed by atoms with Gasteiger partial charge in [-0.05, 0) is 24.6 Å². The summed E-state index contributed by atoms with van der Waals surface area (Å²) < 4.78 is 1.91. The Bertz CT molecular complexity index is 514. The van der Waals surface area contributed by atoms with E-state index >= 15 is 0 Å². The number of carbonyl (C=O) groups is 1. The maximum atomic E-state index is 10.6. The van der Waals surface area contributed by atoms with E-state index in [1.807, 2.05) is 18.5 Å². The van der Waals surface area contributed by atoms with Crippen molar-refractivity contribution in [1.29, 1.82) is 0 Å². The highest BCUT2D eigenvalue weighted by atomic mass is 16.4. The zero-order valence-corrected chi connectivity index (χ0v) is 7.94. The Morgan fingerprint density at radius 3 is 2.86 bits per heavy atom. The highest BCUT2D eigenvalue weighted by Crippen LogP contribution is 2.15. The molecular formula is C10H9N2O2-. The molecule has 4 heteroatoms. The van der Waals surface area contributed by atoms with Gasteiger partial charge >= 0.3 is 0 Å². The molecule has 0 bridgehead atoms. The summed E-state index contributed by atoms with van der Waals surface area (Å²) in [7, 11) is 1.89. The van der Waals surface area contributed by atoms with Crippen molar-refractivity contribution in [1.82, 2.24) is 9.55 Å². The number of aromatic carboxylic acids is 1. The molecule has 0 aliphatic carbocycles. The van der Waals surface area contributed by atoms with E-state index in [4.69, 9.17) is 0 Å². The van der Waals surface area contributed by atoms with Crippen LogP contribution in [0, 0.1) is 6.92 Å². The summed E-state index contributed by atoms with van der Waals surface area (Å²) in [5.74, 6) is -0.314. The fraction of sp³-hybridized carbons (Fsp3) is 0.200. The predicted molar refractivity (Wildman–Crippen MR) is 49.8 cm³/mol. The average molecular weight is 189 g/mol. The van der Waals surface area contributed by atoms with Gasteiger partial charge in [-0.3, -0.25) is 0 Å². The molecule has 2 rings (SSSR count). The lowest BCUT2D eigenvalue weighted by Crippen LogP contribution is -2.21. The number of carboxylic acids is 1. The second-order valence-corrected chi connectivity index (χ2v) is 3.21. The lowest BCUT2D eigenvalue weighted by Gasteiger charge is -2.01. The van der Waals surface area contributed by atoms with Crippen LogP contribution in [0.25, 0.3) is 11.0 Å². The molecule has 0 saturated heterocycles. The third kappa shape index (κ3) is 1.16. The number of nitrogens with zero attached hydrogens (tertiary/aromatic N) is 2. The first-order valence-electron chi connectivity index (χ1n) is 4.24. The minimum absolute atomic E-state index is 0.163. The van der Waals surface area contributed by atoms with Crippen LogP contribution < -0.4 is 5.11 Å². The number of carbonyl (C=O) groups excluding carboxylic acids is 1. The molecule has 1 heterocycles. The molecule has 0 saturated carbocycles. The average Bonchev–Trinajstić information content (AvgIpc) is 2.42. The number of benzene rings is 1. The zero-order valence-electron chi connectivity index (χ0n) is 7.94. The number of rotatable bonds is 1. The van der Waals surface area contributed by atoms with Gasteiger partial charge in [0.25, 0.3) is 0 Å². The lowest BCUT2D eigenvalue weighted by atomic mass is 10.2. The second-order valence-electron chi connectivity index (χ2n) is 3.21. The molecule has 1 aromatic carbocycles. The van der Waals surface area contributed by atoms with Crippen LogP contribution in [0.5, 0.6) is 0 Å². The van der Waals surface area contributed by atoms with Crippen LogP contribution in [-0.2, 0) is 7.05 Å². The fourth-order valence-corrected chi connectivity index (χ4v) is 1.45. The Morgan fingerprint density at radius 2 is 2.21 bits per heavy atom. The minimum atomic E-state index is -1.17. The molecule has 0 aliphatic heterocycles. The molecular weight excluding hydrogens is 180 g/mol. The summed E-state index contributed by atoms with van der Waals surface area (Å²) in [6.45, 7) is 1.87. The summed E-state index contributed by atoms with van der Waals surface area (Å²) in [6.07, 6.45) is 0. The van der Waals surface area contributed by atoms with E-state index in [1.54, 1.807) is 6.07 Å². The molecule has 14 heavy (non-hydrogen) atoms. The topological polar surface area (TPSA) is 57.9 Å². The molecule has 0 unspecified atom stereocenters. The van der Waals surface area contributed by atoms with Crippen LogP contribution in [0.15, 0.2) is 18.2 Å². The zero-order chi connectivity index (χ0) is 10.3. The number of hydrogen-bond donors (Lipinski definition) is 0. The van der Waals surface area contributed by atoms with Crippen LogP contribution >= 0.6 is 0 Å². The van der Waals surface area contributed by atoms with Crippen molar-refractivity contribution >= 4 is 17.0 Å². The van der Waals surface area contributed by atoms with Crippen molar-refractivity contribution in [2.45, 2.75) is 6.92 Å². The number of carboxylic acid groups (broad SMARTS) is 1. The molecule has 2 aromatic rings. The molecule has 0 fully saturated rings. The van der Waals surface area contributed by atoms with Crippen molar-refractivity contribution < 1.29 is 9.90 Å². The van der Waals surface area contributed by atoms with Gasteiger partial charge in [0.1, 0.15) is 5.82 Å². The van der Waals surface area contributed by atoms with Gasteiger partial charge in [-0.2, -0.15) is 0 Å². The number of fused-ring (bicyclic) bond motifs is 1. The number of aryl methyl sites for hydroxylation is 2. The maximum absolute atomic E-state index is 10.6. The van der Waals surface area contributed by atoms with Crippen molar-refractivity contribution in [2.24, 2.45) is 7.05 Å². The van der Waals surface area contributed by atoms with Gasteiger partial charge in [0.05, 0.1) is 17.0 Å². The monoisotopic (exact) mass is 189 g/mol. The van der Waals surface area contributed by atoms with Gasteiger partial charge in [-0.1, -0.05) is 6.07 Å². The maximum Gasteiger partial charge on any atom is 0.106 e. The highest BCUT2D eigenvalue weighted by molar-refractivity contribution is 5.91. The Hall–Kier alpha value is -1.84. The van der Waals surface area contributed by atoms with E-state index in [0.29, 0.717) is 5.52 Å². The molecule has 4 nitrogen and oxygen atoms in total. The van der Waals surface area contributed by atoms with E-state index in [0.717, 1.165) is 11.3 Å². The first kappa shape index (κ1) is 8.74. The van der Waals surface area contributed by atoms with E-state index in [-0.39, 0.29) is 5.56 Å². The quantitative estimate of drug-likeness (QED) is 0.645.